The summed E-state index contributed by atoms with van der Waals surface area (Å²) in [7, 11) is 0. The first-order valence-electron chi connectivity index (χ1n) is 9.77. The molecule has 2 fully saturated rings. The third kappa shape index (κ3) is 4.53. The van der Waals surface area contributed by atoms with E-state index in [1.807, 2.05) is 16.9 Å². The molecule has 2 saturated heterocycles. The van der Waals surface area contributed by atoms with Crippen LogP contribution in [0.5, 0.6) is 0 Å². The molecule has 0 aliphatic carbocycles. The number of aryl methyl sites for hydroxylation is 1. The van der Waals surface area contributed by atoms with Crippen LogP contribution in [0.15, 0.2) is 35.0 Å². The van der Waals surface area contributed by atoms with Crippen molar-refractivity contribution >= 4 is 0 Å². The van der Waals surface area contributed by atoms with Crippen LogP contribution in [-0.2, 0) is 17.8 Å². The van der Waals surface area contributed by atoms with Gasteiger partial charge in [-0.2, -0.15) is 5.10 Å². The van der Waals surface area contributed by atoms with Crippen molar-refractivity contribution in [3.05, 3.63) is 42.1 Å². The maximum absolute atomic E-state index is 6.07. The highest BCUT2D eigenvalue weighted by Crippen LogP contribution is 2.30. The molecule has 0 aromatic carbocycles. The van der Waals surface area contributed by atoms with Gasteiger partial charge in [-0.1, -0.05) is 0 Å². The smallest absolute Gasteiger partial charge is 0.133 e. The average Bonchev–Trinajstić information content (AvgIpc) is 3.34. The fraction of sp³-hybridized carbons (Fsp3) is 0.650. The Kier molecular flexibility index (Phi) is 5.52. The highest BCUT2D eigenvalue weighted by Gasteiger charge is 2.22. The van der Waals surface area contributed by atoms with Crippen LogP contribution >= 0.6 is 0 Å². The number of ether oxygens (including phenoxy) is 1. The van der Waals surface area contributed by atoms with Gasteiger partial charge < -0.3 is 9.15 Å². The second-order valence-electron chi connectivity index (χ2n) is 7.44. The Labute approximate surface area is 149 Å². The molecule has 0 radical (unpaired) electrons. The number of rotatable bonds is 6. The zero-order chi connectivity index (χ0) is 16.9. The van der Waals surface area contributed by atoms with Crippen molar-refractivity contribution in [1.82, 2.24) is 14.7 Å². The summed E-state index contributed by atoms with van der Waals surface area (Å²) >= 11 is 0. The van der Waals surface area contributed by atoms with Gasteiger partial charge >= 0.3 is 0 Å². The molecule has 0 spiro atoms. The highest BCUT2D eigenvalue weighted by atomic mass is 16.5. The molecule has 2 aromatic heterocycles. The lowest BCUT2D eigenvalue weighted by Gasteiger charge is -2.31. The minimum atomic E-state index is 0.176. The lowest BCUT2D eigenvalue weighted by molar-refractivity contribution is 0.000717. The Balaban J connectivity index is 1.21. The van der Waals surface area contributed by atoms with Crippen LogP contribution in [0.4, 0.5) is 0 Å². The lowest BCUT2D eigenvalue weighted by Crippen LogP contribution is -2.33. The normalized spacial score (nSPS) is 23.1. The average molecular weight is 343 g/mol. The number of aromatic nitrogens is 2. The fourth-order valence-electron chi connectivity index (χ4n) is 4.02. The number of nitrogens with zero attached hydrogens (tertiary/aromatic N) is 3. The number of furan rings is 1. The second-order valence-corrected chi connectivity index (χ2v) is 7.44. The van der Waals surface area contributed by atoms with E-state index in [1.54, 1.807) is 0 Å². The van der Waals surface area contributed by atoms with Gasteiger partial charge in [0.15, 0.2) is 0 Å². The van der Waals surface area contributed by atoms with Crippen molar-refractivity contribution in [2.75, 3.05) is 19.7 Å². The molecule has 0 amide bonds. The van der Waals surface area contributed by atoms with Crippen LogP contribution in [0.1, 0.15) is 56.1 Å². The molecular formula is C20H29N3O2. The molecule has 2 aromatic rings. The van der Waals surface area contributed by atoms with Crippen LogP contribution in [0.2, 0.25) is 0 Å². The quantitative estimate of drug-likeness (QED) is 0.794. The predicted molar refractivity (Wildman–Crippen MR) is 96.1 cm³/mol. The molecular weight excluding hydrogens is 314 g/mol. The zero-order valence-electron chi connectivity index (χ0n) is 15.0. The first kappa shape index (κ1) is 16.9. The minimum Gasteiger partial charge on any atom is -0.462 e. The summed E-state index contributed by atoms with van der Waals surface area (Å²) in [5.74, 6) is 2.92. The van der Waals surface area contributed by atoms with Gasteiger partial charge in [0.1, 0.15) is 17.6 Å². The van der Waals surface area contributed by atoms with Gasteiger partial charge in [-0.15, -0.1) is 0 Å². The molecule has 0 unspecified atom stereocenters. The van der Waals surface area contributed by atoms with Gasteiger partial charge in [0.2, 0.25) is 0 Å². The number of hydrogen-bond acceptors (Lipinski definition) is 4. The first-order valence-corrected chi connectivity index (χ1v) is 9.77. The molecule has 0 saturated carbocycles. The van der Waals surface area contributed by atoms with E-state index in [0.29, 0.717) is 0 Å². The summed E-state index contributed by atoms with van der Waals surface area (Å²) in [6, 6.07) is 6.25. The standard InChI is InChI=1S/C20H29N3O2/c1-2-15-24-19(4-1)20-6-5-18(25-20)16-22-12-7-17(8-13-22)9-14-23-11-3-10-21-23/h3,5-6,10-11,17,19H,1-2,4,7-9,12-16H2/t19-/m0/s1. The maximum Gasteiger partial charge on any atom is 0.133 e. The van der Waals surface area contributed by atoms with E-state index < -0.39 is 0 Å². The van der Waals surface area contributed by atoms with E-state index in [1.165, 1.54) is 45.2 Å². The predicted octanol–water partition coefficient (Wildman–Crippen LogP) is 4.02. The molecule has 4 rings (SSSR count). The van der Waals surface area contributed by atoms with Crippen molar-refractivity contribution in [2.45, 2.75) is 57.7 Å². The zero-order valence-corrected chi connectivity index (χ0v) is 15.0. The number of likely N-dealkylation sites (tertiary alicyclic amines) is 1. The van der Waals surface area contributed by atoms with E-state index in [2.05, 4.69) is 28.3 Å². The summed E-state index contributed by atoms with van der Waals surface area (Å²) in [5.41, 5.74) is 0. The summed E-state index contributed by atoms with van der Waals surface area (Å²) in [6.07, 6.45) is 11.4. The van der Waals surface area contributed by atoms with Gasteiger partial charge in [0.25, 0.3) is 0 Å². The first-order chi connectivity index (χ1) is 12.4. The van der Waals surface area contributed by atoms with Gasteiger partial charge in [-0.25, -0.2) is 0 Å². The molecule has 2 aliphatic rings. The van der Waals surface area contributed by atoms with Crippen molar-refractivity contribution in [1.29, 1.82) is 0 Å². The fourth-order valence-corrected chi connectivity index (χ4v) is 4.02. The van der Waals surface area contributed by atoms with Crippen LogP contribution in [-0.4, -0.2) is 34.4 Å². The van der Waals surface area contributed by atoms with Gasteiger partial charge in [-0.3, -0.25) is 9.58 Å². The Morgan fingerprint density at radius 3 is 2.80 bits per heavy atom. The summed E-state index contributed by atoms with van der Waals surface area (Å²) in [6.45, 7) is 5.17. The maximum atomic E-state index is 6.07. The van der Waals surface area contributed by atoms with Gasteiger partial charge in [0.05, 0.1) is 6.54 Å². The van der Waals surface area contributed by atoms with Crippen molar-refractivity contribution in [3.8, 4) is 0 Å². The molecule has 1 atom stereocenters. The van der Waals surface area contributed by atoms with Crippen LogP contribution in [0, 0.1) is 5.92 Å². The highest BCUT2D eigenvalue weighted by molar-refractivity contribution is 5.10. The Morgan fingerprint density at radius 2 is 2.04 bits per heavy atom. The Morgan fingerprint density at radius 1 is 1.12 bits per heavy atom. The topological polar surface area (TPSA) is 43.4 Å². The molecule has 5 heteroatoms. The summed E-state index contributed by atoms with van der Waals surface area (Å²) in [4.78, 5) is 2.52. The SMILES string of the molecule is c1cnn(CCC2CCN(Cc3ccc([C@@H]4CCCCO4)o3)CC2)c1. The van der Waals surface area contributed by atoms with E-state index in [4.69, 9.17) is 9.15 Å². The third-order valence-corrected chi connectivity index (χ3v) is 5.59. The van der Waals surface area contributed by atoms with Crippen molar-refractivity contribution < 1.29 is 9.15 Å². The van der Waals surface area contributed by atoms with E-state index >= 15 is 0 Å². The molecule has 2 aliphatic heterocycles. The summed E-state index contributed by atoms with van der Waals surface area (Å²) in [5, 5.41) is 4.30. The van der Waals surface area contributed by atoms with Crippen LogP contribution < -0.4 is 0 Å². The molecule has 25 heavy (non-hydrogen) atoms. The molecule has 0 bridgehead atoms. The number of piperidine rings is 1. The van der Waals surface area contributed by atoms with Gasteiger partial charge in [-0.05, 0) is 75.7 Å². The van der Waals surface area contributed by atoms with E-state index in [0.717, 1.165) is 43.6 Å². The minimum absolute atomic E-state index is 0.176. The Bertz CT molecular complexity index is 623. The van der Waals surface area contributed by atoms with Crippen LogP contribution in [0.3, 0.4) is 0 Å². The van der Waals surface area contributed by atoms with E-state index in [-0.39, 0.29) is 6.10 Å². The molecule has 0 N–H and O–H groups in total. The van der Waals surface area contributed by atoms with Crippen molar-refractivity contribution in [2.24, 2.45) is 5.92 Å². The summed E-state index contributed by atoms with van der Waals surface area (Å²) < 4.78 is 13.9. The number of hydrogen-bond donors (Lipinski definition) is 0. The molecule has 4 heterocycles. The van der Waals surface area contributed by atoms with Crippen LogP contribution in [0.25, 0.3) is 0 Å². The lowest BCUT2D eigenvalue weighted by atomic mass is 9.93. The second kappa shape index (κ2) is 8.19. The molecule has 136 valence electrons. The largest absolute Gasteiger partial charge is 0.462 e. The molecule has 5 nitrogen and oxygen atoms in total. The Hall–Kier alpha value is -1.59. The van der Waals surface area contributed by atoms with E-state index in [9.17, 15) is 0 Å². The van der Waals surface area contributed by atoms with Crippen molar-refractivity contribution in [3.63, 3.8) is 0 Å². The third-order valence-electron chi connectivity index (χ3n) is 5.59. The monoisotopic (exact) mass is 343 g/mol. The van der Waals surface area contributed by atoms with Gasteiger partial charge in [0, 0.05) is 25.5 Å².